The van der Waals surface area contributed by atoms with Crippen molar-refractivity contribution in [3.63, 3.8) is 0 Å². The molecule has 0 unspecified atom stereocenters. The van der Waals surface area contributed by atoms with Crippen molar-refractivity contribution in [1.82, 2.24) is 15.0 Å². The summed E-state index contributed by atoms with van der Waals surface area (Å²) in [5.41, 5.74) is 2.42. The molecule has 0 amide bonds. The molecular weight excluding hydrogens is 252 g/mol. The summed E-state index contributed by atoms with van der Waals surface area (Å²) in [5.74, 6) is 0.616. The topological polar surface area (TPSA) is 59.9 Å². The van der Waals surface area contributed by atoms with E-state index in [2.05, 4.69) is 20.3 Å². The number of ether oxygens (including phenoxy) is 1. The lowest BCUT2D eigenvalue weighted by Crippen LogP contribution is -2.20. The molecule has 6 heteroatoms. The molecule has 0 spiro atoms. The van der Waals surface area contributed by atoms with Gasteiger partial charge < -0.3 is 10.1 Å². The molecule has 0 aromatic carbocycles. The Hall–Kier alpha value is -1.46. The second-order valence-corrected chi connectivity index (χ2v) is 4.74. The molecule has 0 bridgehead atoms. The van der Waals surface area contributed by atoms with Gasteiger partial charge in [0.05, 0.1) is 24.4 Å². The zero-order valence-corrected chi connectivity index (χ0v) is 10.7. The zero-order valence-electron chi connectivity index (χ0n) is 9.98. The Morgan fingerprint density at radius 3 is 3.06 bits per heavy atom. The van der Waals surface area contributed by atoms with Crippen molar-refractivity contribution in [2.45, 2.75) is 19.4 Å². The van der Waals surface area contributed by atoms with Gasteiger partial charge in [0, 0.05) is 12.3 Å². The highest BCUT2D eigenvalue weighted by molar-refractivity contribution is 6.32. The number of hydrogen-bond donors (Lipinski definition) is 1. The van der Waals surface area contributed by atoms with Gasteiger partial charge in [0.25, 0.3) is 0 Å². The molecule has 3 heterocycles. The average Bonchev–Trinajstić information content (AvgIpc) is 2.83. The lowest BCUT2D eigenvalue weighted by molar-refractivity contribution is 0.195. The molecular formula is C12H13ClN4O. The van der Waals surface area contributed by atoms with E-state index in [1.807, 2.05) is 13.0 Å². The van der Waals surface area contributed by atoms with Crippen LogP contribution in [-0.2, 0) is 4.74 Å². The molecule has 0 saturated carbocycles. The molecule has 18 heavy (non-hydrogen) atoms. The van der Waals surface area contributed by atoms with Crippen LogP contribution in [0.15, 0.2) is 12.3 Å². The van der Waals surface area contributed by atoms with Crippen LogP contribution in [0.1, 0.15) is 12.1 Å². The highest BCUT2D eigenvalue weighted by Gasteiger charge is 2.18. The molecule has 1 aliphatic heterocycles. The lowest BCUT2D eigenvalue weighted by atomic mass is 10.2. The second kappa shape index (κ2) is 4.66. The van der Waals surface area contributed by atoms with Crippen LogP contribution >= 0.6 is 11.6 Å². The summed E-state index contributed by atoms with van der Waals surface area (Å²) in [4.78, 5) is 13.0. The third-order valence-electron chi connectivity index (χ3n) is 2.92. The number of nitrogens with one attached hydrogen (secondary N) is 1. The number of nitrogens with zero attached hydrogens (tertiary/aromatic N) is 3. The van der Waals surface area contributed by atoms with Crippen LogP contribution < -0.4 is 5.32 Å². The summed E-state index contributed by atoms with van der Waals surface area (Å²) >= 11 is 6.12. The van der Waals surface area contributed by atoms with Crippen LogP contribution in [0.5, 0.6) is 0 Å². The summed E-state index contributed by atoms with van der Waals surface area (Å²) in [7, 11) is 0. The van der Waals surface area contributed by atoms with Gasteiger partial charge in [-0.2, -0.15) is 0 Å². The SMILES string of the molecule is Cc1cc2nc(N[C@H]3CCOC3)c(Cl)nc2cn1. The Bertz CT molecular complexity index is 584. The Morgan fingerprint density at radius 2 is 2.28 bits per heavy atom. The van der Waals surface area contributed by atoms with Gasteiger partial charge in [-0.15, -0.1) is 0 Å². The number of hydrogen-bond acceptors (Lipinski definition) is 5. The van der Waals surface area contributed by atoms with Crippen molar-refractivity contribution in [3.8, 4) is 0 Å². The minimum atomic E-state index is 0.261. The third kappa shape index (κ3) is 2.23. The summed E-state index contributed by atoms with van der Waals surface area (Å²) in [6.07, 6.45) is 2.65. The molecule has 1 saturated heterocycles. The largest absolute Gasteiger partial charge is 0.379 e. The van der Waals surface area contributed by atoms with Crippen LogP contribution in [0.4, 0.5) is 5.82 Å². The number of anilines is 1. The van der Waals surface area contributed by atoms with Crippen LogP contribution in [0, 0.1) is 6.92 Å². The fourth-order valence-corrected chi connectivity index (χ4v) is 2.16. The van der Waals surface area contributed by atoms with E-state index in [9.17, 15) is 0 Å². The summed E-state index contributed by atoms with van der Waals surface area (Å²) in [6.45, 7) is 3.39. The minimum Gasteiger partial charge on any atom is -0.379 e. The first-order valence-electron chi connectivity index (χ1n) is 5.86. The summed E-state index contributed by atoms with van der Waals surface area (Å²) < 4.78 is 5.31. The van der Waals surface area contributed by atoms with Crippen molar-refractivity contribution in [2.75, 3.05) is 18.5 Å². The number of pyridine rings is 1. The van der Waals surface area contributed by atoms with Gasteiger partial charge in [0.15, 0.2) is 11.0 Å². The Kier molecular flexibility index (Phi) is 3.01. The maximum absolute atomic E-state index is 6.12. The highest BCUT2D eigenvalue weighted by atomic mass is 35.5. The van der Waals surface area contributed by atoms with Gasteiger partial charge in [-0.05, 0) is 19.4 Å². The first kappa shape index (κ1) is 11.6. The molecule has 1 N–H and O–H groups in total. The molecule has 2 aromatic rings. The van der Waals surface area contributed by atoms with Crippen molar-refractivity contribution >= 4 is 28.5 Å². The van der Waals surface area contributed by atoms with E-state index in [-0.39, 0.29) is 6.04 Å². The van der Waals surface area contributed by atoms with E-state index in [1.54, 1.807) is 6.20 Å². The van der Waals surface area contributed by atoms with Crippen LogP contribution in [0.2, 0.25) is 5.15 Å². The maximum Gasteiger partial charge on any atom is 0.172 e. The van der Waals surface area contributed by atoms with Crippen LogP contribution in [0.25, 0.3) is 11.0 Å². The van der Waals surface area contributed by atoms with Gasteiger partial charge in [-0.25, -0.2) is 9.97 Å². The smallest absolute Gasteiger partial charge is 0.172 e. The van der Waals surface area contributed by atoms with Gasteiger partial charge in [0.1, 0.15) is 5.52 Å². The fourth-order valence-electron chi connectivity index (χ4n) is 1.97. The zero-order chi connectivity index (χ0) is 12.5. The maximum atomic E-state index is 6.12. The predicted octanol–water partition coefficient (Wildman–Crippen LogP) is 2.19. The van der Waals surface area contributed by atoms with E-state index in [0.29, 0.717) is 23.1 Å². The molecule has 2 aromatic heterocycles. The van der Waals surface area contributed by atoms with Crippen LogP contribution in [-0.4, -0.2) is 34.2 Å². The second-order valence-electron chi connectivity index (χ2n) is 4.38. The quantitative estimate of drug-likeness (QED) is 0.901. The van der Waals surface area contributed by atoms with E-state index in [0.717, 1.165) is 24.2 Å². The minimum absolute atomic E-state index is 0.261. The van der Waals surface area contributed by atoms with Crippen LogP contribution in [0.3, 0.4) is 0 Å². The van der Waals surface area contributed by atoms with Crippen molar-refractivity contribution in [1.29, 1.82) is 0 Å². The van der Waals surface area contributed by atoms with E-state index >= 15 is 0 Å². The molecule has 1 fully saturated rings. The molecule has 5 nitrogen and oxygen atoms in total. The fraction of sp³-hybridized carbons (Fsp3) is 0.417. The number of aryl methyl sites for hydroxylation is 1. The van der Waals surface area contributed by atoms with Crippen molar-refractivity contribution in [2.24, 2.45) is 0 Å². The monoisotopic (exact) mass is 264 g/mol. The number of halogens is 1. The van der Waals surface area contributed by atoms with Crippen molar-refractivity contribution in [3.05, 3.63) is 23.1 Å². The van der Waals surface area contributed by atoms with Gasteiger partial charge in [-0.3, -0.25) is 4.98 Å². The summed E-state index contributed by atoms with van der Waals surface area (Å²) in [5, 5.41) is 3.64. The Morgan fingerprint density at radius 1 is 1.39 bits per heavy atom. The summed E-state index contributed by atoms with van der Waals surface area (Å²) in [6, 6.07) is 2.16. The molecule has 3 rings (SSSR count). The molecule has 1 aliphatic rings. The van der Waals surface area contributed by atoms with E-state index < -0.39 is 0 Å². The molecule has 1 atom stereocenters. The number of rotatable bonds is 2. The van der Waals surface area contributed by atoms with E-state index in [1.165, 1.54) is 0 Å². The van der Waals surface area contributed by atoms with Gasteiger partial charge in [-0.1, -0.05) is 11.6 Å². The Labute approximate surface area is 110 Å². The van der Waals surface area contributed by atoms with Gasteiger partial charge in [0.2, 0.25) is 0 Å². The third-order valence-corrected chi connectivity index (χ3v) is 3.18. The van der Waals surface area contributed by atoms with E-state index in [4.69, 9.17) is 16.3 Å². The highest BCUT2D eigenvalue weighted by Crippen LogP contribution is 2.23. The first-order chi connectivity index (χ1) is 8.72. The lowest BCUT2D eigenvalue weighted by Gasteiger charge is -2.12. The predicted molar refractivity (Wildman–Crippen MR) is 69.9 cm³/mol. The molecule has 0 radical (unpaired) electrons. The number of fused-ring (bicyclic) bond motifs is 1. The standard InChI is InChI=1S/C12H13ClN4O/c1-7-4-9-10(5-14-7)16-11(13)12(17-9)15-8-2-3-18-6-8/h4-5,8H,2-3,6H2,1H3,(H,15,17)/t8-/m0/s1. The van der Waals surface area contributed by atoms with Crippen molar-refractivity contribution < 1.29 is 4.74 Å². The van der Waals surface area contributed by atoms with Gasteiger partial charge >= 0.3 is 0 Å². The average molecular weight is 265 g/mol. The normalized spacial score (nSPS) is 19.3. The number of aromatic nitrogens is 3. The Balaban J connectivity index is 1.97. The molecule has 0 aliphatic carbocycles. The molecule has 94 valence electrons. The first-order valence-corrected chi connectivity index (χ1v) is 6.24.